The quantitative estimate of drug-likeness (QED) is 0.263. The molecule has 92 valence electrons. The van der Waals surface area contributed by atoms with Gasteiger partial charge in [0.2, 0.25) is 0 Å². The van der Waals surface area contributed by atoms with Gasteiger partial charge in [-0.3, -0.25) is 15.1 Å². The van der Waals surface area contributed by atoms with Crippen LogP contribution in [0.2, 0.25) is 0 Å². The predicted octanol–water partition coefficient (Wildman–Crippen LogP) is 0.270. The molecule has 0 aliphatic heterocycles. The highest BCUT2D eigenvalue weighted by atomic mass is 16.6. The minimum atomic E-state index is -0.566. The van der Waals surface area contributed by atoms with Crippen LogP contribution in [0.15, 0.2) is 36.0 Å². The van der Waals surface area contributed by atoms with Gasteiger partial charge in [-0.1, -0.05) is 5.16 Å². The third-order valence-electron chi connectivity index (χ3n) is 2.21. The Morgan fingerprint density at radius 1 is 1.56 bits per heavy atom. The summed E-state index contributed by atoms with van der Waals surface area (Å²) >= 11 is 0. The van der Waals surface area contributed by atoms with Crippen molar-refractivity contribution in [1.29, 1.82) is 0 Å². The minimum absolute atomic E-state index is 0.134. The van der Waals surface area contributed by atoms with Gasteiger partial charge in [-0.05, 0) is 6.07 Å². The molecular weight excluding hydrogens is 240 g/mol. The van der Waals surface area contributed by atoms with Crippen LogP contribution in [0.3, 0.4) is 0 Å². The molecule has 0 unspecified atom stereocenters. The summed E-state index contributed by atoms with van der Waals surface area (Å²) in [5, 5.41) is 25.9. The van der Waals surface area contributed by atoms with Gasteiger partial charge in [-0.25, -0.2) is 4.68 Å². The molecule has 0 bridgehead atoms. The number of nitrogens with zero attached hydrogens (tertiary/aromatic N) is 5. The Balaban J connectivity index is 2.53. The van der Waals surface area contributed by atoms with Crippen LogP contribution in [0.5, 0.6) is 0 Å². The zero-order valence-electron chi connectivity index (χ0n) is 8.96. The smallest absolute Gasteiger partial charge is 0.307 e. The molecule has 0 fully saturated rings. The number of nitrogens with two attached hydrogens (primary N) is 1. The first-order valence-electron chi connectivity index (χ1n) is 4.75. The highest BCUT2D eigenvalue weighted by molar-refractivity contribution is 6.00. The zero-order valence-corrected chi connectivity index (χ0v) is 8.96. The van der Waals surface area contributed by atoms with Gasteiger partial charge in [0.15, 0.2) is 5.84 Å². The molecule has 0 aliphatic carbocycles. The van der Waals surface area contributed by atoms with Crippen LogP contribution < -0.4 is 5.73 Å². The third kappa shape index (κ3) is 1.96. The summed E-state index contributed by atoms with van der Waals surface area (Å²) in [4.78, 5) is 13.9. The number of hydrogen-bond acceptors (Lipinski definition) is 6. The highest BCUT2D eigenvalue weighted by Crippen LogP contribution is 2.16. The lowest BCUT2D eigenvalue weighted by molar-refractivity contribution is -0.384. The van der Waals surface area contributed by atoms with Gasteiger partial charge in [-0.15, -0.1) is 0 Å². The molecule has 0 aromatic carbocycles. The predicted molar refractivity (Wildman–Crippen MR) is 60.5 cm³/mol. The fourth-order valence-corrected chi connectivity index (χ4v) is 1.38. The van der Waals surface area contributed by atoms with E-state index in [1.165, 1.54) is 29.3 Å². The van der Waals surface area contributed by atoms with E-state index in [4.69, 9.17) is 10.9 Å². The molecule has 9 nitrogen and oxygen atoms in total. The molecule has 0 atom stereocenters. The van der Waals surface area contributed by atoms with E-state index in [9.17, 15) is 10.1 Å². The lowest BCUT2D eigenvalue weighted by atomic mass is 10.2. The molecular formula is C9H8N6O3. The van der Waals surface area contributed by atoms with Crippen molar-refractivity contribution in [3.05, 3.63) is 46.5 Å². The molecule has 0 saturated carbocycles. The molecule has 0 aliphatic rings. The van der Waals surface area contributed by atoms with E-state index in [-0.39, 0.29) is 11.5 Å². The number of hydrogen-bond donors (Lipinski definition) is 2. The monoisotopic (exact) mass is 248 g/mol. The van der Waals surface area contributed by atoms with Crippen LogP contribution in [-0.4, -0.2) is 30.7 Å². The normalized spacial score (nSPS) is 11.4. The Labute approximate surface area is 100 Å². The van der Waals surface area contributed by atoms with E-state index in [2.05, 4.69) is 15.2 Å². The Kier molecular flexibility index (Phi) is 2.87. The summed E-state index contributed by atoms with van der Waals surface area (Å²) in [5.41, 5.74) is 6.08. The summed E-state index contributed by atoms with van der Waals surface area (Å²) in [7, 11) is 0. The second kappa shape index (κ2) is 4.49. The summed E-state index contributed by atoms with van der Waals surface area (Å²) in [5.74, 6) is -0.134. The van der Waals surface area contributed by atoms with E-state index < -0.39 is 4.92 Å². The Hall–Kier alpha value is -2.97. The van der Waals surface area contributed by atoms with Crippen LogP contribution in [0.4, 0.5) is 5.69 Å². The van der Waals surface area contributed by atoms with Crippen LogP contribution in [0.25, 0.3) is 5.69 Å². The van der Waals surface area contributed by atoms with Crippen molar-refractivity contribution in [3.63, 3.8) is 0 Å². The molecule has 9 heteroatoms. The molecule has 0 spiro atoms. The molecule has 2 rings (SSSR count). The standard InChI is InChI=1S/C9H8N6O3/c10-9(13-16)7-1-2-11-4-8(7)14-5-6(3-12-14)15(17)18/h1-5,16H,(H2,10,13). The maximum absolute atomic E-state index is 10.6. The number of rotatable bonds is 3. The first-order valence-corrected chi connectivity index (χ1v) is 4.75. The second-order valence-electron chi connectivity index (χ2n) is 3.28. The van der Waals surface area contributed by atoms with E-state index in [0.29, 0.717) is 11.3 Å². The van der Waals surface area contributed by atoms with E-state index >= 15 is 0 Å². The van der Waals surface area contributed by atoms with Gasteiger partial charge in [0.1, 0.15) is 12.4 Å². The average Bonchev–Trinajstić information content (AvgIpc) is 2.87. The maximum atomic E-state index is 10.6. The summed E-state index contributed by atoms with van der Waals surface area (Å²) in [6.07, 6.45) is 5.17. The Morgan fingerprint density at radius 2 is 2.33 bits per heavy atom. The van der Waals surface area contributed by atoms with Crippen molar-refractivity contribution in [1.82, 2.24) is 14.8 Å². The Bertz CT molecular complexity index is 620. The van der Waals surface area contributed by atoms with E-state index in [0.717, 1.165) is 6.20 Å². The summed E-state index contributed by atoms with van der Waals surface area (Å²) < 4.78 is 1.23. The average molecular weight is 248 g/mol. The van der Waals surface area contributed by atoms with E-state index in [1.807, 2.05) is 0 Å². The van der Waals surface area contributed by atoms with Crippen LogP contribution in [-0.2, 0) is 0 Å². The zero-order chi connectivity index (χ0) is 13.1. The van der Waals surface area contributed by atoms with Crippen molar-refractivity contribution >= 4 is 11.5 Å². The fraction of sp³-hybridized carbons (Fsp3) is 0. The molecule has 0 amide bonds. The van der Waals surface area contributed by atoms with Gasteiger partial charge in [0.05, 0.1) is 16.8 Å². The van der Waals surface area contributed by atoms with Gasteiger partial charge in [-0.2, -0.15) is 5.10 Å². The van der Waals surface area contributed by atoms with E-state index in [1.54, 1.807) is 0 Å². The maximum Gasteiger partial charge on any atom is 0.307 e. The molecule has 2 aromatic rings. The number of oxime groups is 1. The molecule has 18 heavy (non-hydrogen) atoms. The lowest BCUT2D eigenvalue weighted by Crippen LogP contribution is -2.16. The second-order valence-corrected chi connectivity index (χ2v) is 3.28. The SMILES string of the molecule is N/C(=N/O)c1ccncc1-n1cc([N+](=O)[O-])cn1. The number of amidine groups is 1. The third-order valence-corrected chi connectivity index (χ3v) is 2.21. The highest BCUT2D eigenvalue weighted by Gasteiger charge is 2.14. The minimum Gasteiger partial charge on any atom is -0.409 e. The first-order chi connectivity index (χ1) is 8.63. The number of pyridine rings is 1. The largest absolute Gasteiger partial charge is 0.409 e. The topological polar surface area (TPSA) is 132 Å². The van der Waals surface area contributed by atoms with Gasteiger partial charge < -0.3 is 10.9 Å². The Morgan fingerprint density at radius 3 is 2.94 bits per heavy atom. The van der Waals surface area contributed by atoms with Crippen molar-refractivity contribution in [2.75, 3.05) is 0 Å². The molecule has 2 aromatic heterocycles. The summed E-state index contributed by atoms with van der Waals surface area (Å²) in [6.45, 7) is 0. The molecule has 0 saturated heterocycles. The van der Waals surface area contributed by atoms with Crippen molar-refractivity contribution in [2.24, 2.45) is 10.9 Å². The van der Waals surface area contributed by atoms with Gasteiger partial charge in [0, 0.05) is 11.8 Å². The number of nitro groups is 1. The first kappa shape index (κ1) is 11.5. The molecule has 0 radical (unpaired) electrons. The summed E-state index contributed by atoms with van der Waals surface area (Å²) in [6, 6.07) is 1.51. The van der Waals surface area contributed by atoms with Crippen molar-refractivity contribution in [3.8, 4) is 5.69 Å². The fourth-order valence-electron chi connectivity index (χ4n) is 1.38. The van der Waals surface area contributed by atoms with Gasteiger partial charge >= 0.3 is 5.69 Å². The van der Waals surface area contributed by atoms with Crippen molar-refractivity contribution in [2.45, 2.75) is 0 Å². The molecule has 3 N–H and O–H groups in total. The van der Waals surface area contributed by atoms with Crippen LogP contribution in [0, 0.1) is 10.1 Å². The molecule has 2 heterocycles. The van der Waals surface area contributed by atoms with Crippen LogP contribution in [0.1, 0.15) is 5.56 Å². The van der Waals surface area contributed by atoms with Crippen LogP contribution >= 0.6 is 0 Å². The lowest BCUT2D eigenvalue weighted by Gasteiger charge is -2.06. The van der Waals surface area contributed by atoms with Gasteiger partial charge in [0.25, 0.3) is 0 Å². The van der Waals surface area contributed by atoms with Crippen molar-refractivity contribution < 1.29 is 10.1 Å². The number of aromatic nitrogens is 3.